The van der Waals surface area contributed by atoms with Crippen LogP contribution in [0.1, 0.15) is 21.8 Å². The molecule has 2 amide bonds. The highest BCUT2D eigenvalue weighted by molar-refractivity contribution is 6.05. The zero-order valence-corrected chi connectivity index (χ0v) is 14.9. The molecule has 1 aromatic carbocycles. The second-order valence-electron chi connectivity index (χ2n) is 6.17. The molecular formula is C18H22N4O4. The van der Waals surface area contributed by atoms with E-state index in [1.165, 1.54) is 0 Å². The Morgan fingerprint density at radius 1 is 1.08 bits per heavy atom. The van der Waals surface area contributed by atoms with Crippen molar-refractivity contribution in [1.82, 2.24) is 10.1 Å². The fourth-order valence-electron chi connectivity index (χ4n) is 2.80. The van der Waals surface area contributed by atoms with Crippen LogP contribution in [0.25, 0.3) is 0 Å². The summed E-state index contributed by atoms with van der Waals surface area (Å²) in [5.74, 6) is 0.136. The van der Waals surface area contributed by atoms with Crippen molar-refractivity contribution in [2.75, 3.05) is 43.5 Å². The number of aromatic nitrogens is 1. The summed E-state index contributed by atoms with van der Waals surface area (Å²) in [5, 5.41) is 9.43. The average Bonchev–Trinajstić information content (AvgIpc) is 2.96. The van der Waals surface area contributed by atoms with Gasteiger partial charge in [0, 0.05) is 24.5 Å². The molecule has 1 aliphatic rings. The zero-order valence-electron chi connectivity index (χ0n) is 14.9. The lowest BCUT2D eigenvalue weighted by Gasteiger charge is -2.25. The fraction of sp³-hybridized carbons (Fsp3) is 0.389. The molecule has 138 valence electrons. The highest BCUT2D eigenvalue weighted by Crippen LogP contribution is 2.17. The molecule has 26 heavy (non-hydrogen) atoms. The first kappa shape index (κ1) is 18.1. The maximum atomic E-state index is 12.3. The molecule has 1 aliphatic heterocycles. The van der Waals surface area contributed by atoms with E-state index in [2.05, 4.69) is 20.7 Å². The van der Waals surface area contributed by atoms with E-state index in [9.17, 15) is 9.59 Å². The first-order valence-electron chi connectivity index (χ1n) is 8.47. The van der Waals surface area contributed by atoms with Crippen LogP contribution in [-0.2, 0) is 9.53 Å². The van der Waals surface area contributed by atoms with E-state index >= 15 is 0 Å². The standard InChI is InChI=1S/C18H22N4O4/c1-12-17(13(2)26-21-12)18(24)20-15-5-3-14(4-6-15)19-16(23)11-22-7-9-25-10-8-22/h3-6H,7-11H2,1-2H3,(H,19,23)(H,20,24). The van der Waals surface area contributed by atoms with Gasteiger partial charge in [-0.3, -0.25) is 14.5 Å². The predicted molar refractivity (Wildman–Crippen MR) is 96.3 cm³/mol. The van der Waals surface area contributed by atoms with Gasteiger partial charge in [-0.15, -0.1) is 0 Å². The number of nitrogens with zero attached hydrogens (tertiary/aromatic N) is 2. The molecular weight excluding hydrogens is 336 g/mol. The van der Waals surface area contributed by atoms with Crippen LogP contribution in [0.4, 0.5) is 11.4 Å². The molecule has 2 N–H and O–H groups in total. The van der Waals surface area contributed by atoms with E-state index in [0.717, 1.165) is 13.1 Å². The van der Waals surface area contributed by atoms with Gasteiger partial charge < -0.3 is 19.9 Å². The van der Waals surface area contributed by atoms with Crippen molar-refractivity contribution in [2.24, 2.45) is 0 Å². The van der Waals surface area contributed by atoms with E-state index in [1.54, 1.807) is 38.1 Å². The van der Waals surface area contributed by atoms with Gasteiger partial charge >= 0.3 is 0 Å². The summed E-state index contributed by atoms with van der Waals surface area (Å²) in [4.78, 5) is 26.5. The van der Waals surface area contributed by atoms with Gasteiger partial charge in [-0.2, -0.15) is 0 Å². The fourth-order valence-corrected chi connectivity index (χ4v) is 2.80. The quantitative estimate of drug-likeness (QED) is 0.846. The molecule has 3 rings (SSSR count). The van der Waals surface area contributed by atoms with Crippen molar-refractivity contribution in [2.45, 2.75) is 13.8 Å². The lowest BCUT2D eigenvalue weighted by molar-refractivity contribution is -0.118. The highest BCUT2D eigenvalue weighted by Gasteiger charge is 2.18. The topological polar surface area (TPSA) is 96.7 Å². The molecule has 2 heterocycles. The second kappa shape index (κ2) is 8.11. The Hall–Kier alpha value is -2.71. The number of amides is 2. The number of carbonyl (C=O) groups excluding carboxylic acids is 2. The molecule has 8 nitrogen and oxygen atoms in total. The third kappa shape index (κ3) is 4.47. The predicted octanol–water partition coefficient (Wildman–Crippen LogP) is 1.81. The second-order valence-corrected chi connectivity index (χ2v) is 6.17. The minimum absolute atomic E-state index is 0.0700. The number of ether oxygens (including phenoxy) is 1. The molecule has 1 saturated heterocycles. The van der Waals surface area contributed by atoms with Crippen LogP contribution < -0.4 is 10.6 Å². The van der Waals surface area contributed by atoms with Crippen LogP contribution in [0.15, 0.2) is 28.8 Å². The lowest BCUT2D eigenvalue weighted by atomic mass is 10.2. The van der Waals surface area contributed by atoms with Crippen molar-refractivity contribution in [3.8, 4) is 0 Å². The highest BCUT2D eigenvalue weighted by atomic mass is 16.5. The molecule has 0 spiro atoms. The third-order valence-electron chi connectivity index (χ3n) is 4.16. The summed E-state index contributed by atoms with van der Waals surface area (Å²) in [5.41, 5.74) is 2.29. The SMILES string of the molecule is Cc1noc(C)c1C(=O)Nc1ccc(NC(=O)CN2CCOCC2)cc1. The first-order valence-corrected chi connectivity index (χ1v) is 8.47. The van der Waals surface area contributed by atoms with Crippen molar-refractivity contribution < 1.29 is 18.8 Å². The Morgan fingerprint density at radius 3 is 2.27 bits per heavy atom. The van der Waals surface area contributed by atoms with E-state index < -0.39 is 0 Å². The van der Waals surface area contributed by atoms with E-state index in [1.807, 2.05) is 0 Å². The number of benzene rings is 1. The van der Waals surface area contributed by atoms with Crippen molar-refractivity contribution in [1.29, 1.82) is 0 Å². The van der Waals surface area contributed by atoms with E-state index in [-0.39, 0.29) is 11.8 Å². The van der Waals surface area contributed by atoms with Crippen LogP contribution in [0, 0.1) is 13.8 Å². The minimum atomic E-state index is -0.273. The number of rotatable bonds is 5. The Labute approximate surface area is 151 Å². The Bertz CT molecular complexity index is 759. The molecule has 0 unspecified atom stereocenters. The van der Waals surface area contributed by atoms with E-state index in [4.69, 9.17) is 9.26 Å². The van der Waals surface area contributed by atoms with Crippen molar-refractivity contribution in [3.63, 3.8) is 0 Å². The Balaban J connectivity index is 1.54. The largest absolute Gasteiger partial charge is 0.379 e. The normalized spacial score (nSPS) is 14.8. The smallest absolute Gasteiger partial charge is 0.261 e. The molecule has 2 aromatic rings. The number of anilines is 2. The monoisotopic (exact) mass is 358 g/mol. The summed E-state index contributed by atoms with van der Waals surface area (Å²) in [6.45, 7) is 6.61. The number of hydrogen-bond acceptors (Lipinski definition) is 6. The van der Waals surface area contributed by atoms with Gasteiger partial charge in [0.05, 0.1) is 25.5 Å². The molecule has 0 bridgehead atoms. The number of morpholine rings is 1. The third-order valence-corrected chi connectivity index (χ3v) is 4.16. The molecule has 0 atom stereocenters. The summed E-state index contributed by atoms with van der Waals surface area (Å²) >= 11 is 0. The minimum Gasteiger partial charge on any atom is -0.379 e. The van der Waals surface area contributed by atoms with Gasteiger partial charge in [-0.1, -0.05) is 5.16 Å². The van der Waals surface area contributed by atoms with Gasteiger partial charge in [0.15, 0.2) is 0 Å². The molecule has 0 aliphatic carbocycles. The van der Waals surface area contributed by atoms with Crippen molar-refractivity contribution in [3.05, 3.63) is 41.3 Å². The maximum absolute atomic E-state index is 12.3. The number of carbonyl (C=O) groups is 2. The van der Waals surface area contributed by atoms with Gasteiger partial charge in [0.1, 0.15) is 11.3 Å². The lowest BCUT2D eigenvalue weighted by Crippen LogP contribution is -2.41. The number of nitrogens with one attached hydrogen (secondary N) is 2. The van der Waals surface area contributed by atoms with Gasteiger partial charge in [0.25, 0.3) is 5.91 Å². The van der Waals surface area contributed by atoms with Gasteiger partial charge in [0.2, 0.25) is 5.91 Å². The summed E-state index contributed by atoms with van der Waals surface area (Å²) in [6.07, 6.45) is 0. The number of aryl methyl sites for hydroxylation is 2. The zero-order chi connectivity index (χ0) is 18.5. The summed E-state index contributed by atoms with van der Waals surface area (Å²) in [7, 11) is 0. The summed E-state index contributed by atoms with van der Waals surface area (Å²) in [6, 6.07) is 6.97. The van der Waals surface area contributed by atoms with Crippen LogP contribution in [0.5, 0.6) is 0 Å². The Morgan fingerprint density at radius 2 is 1.69 bits per heavy atom. The Kier molecular flexibility index (Phi) is 5.65. The molecule has 1 aromatic heterocycles. The van der Waals surface area contributed by atoms with Crippen LogP contribution >= 0.6 is 0 Å². The van der Waals surface area contributed by atoms with Crippen LogP contribution in [0.3, 0.4) is 0 Å². The first-order chi connectivity index (χ1) is 12.5. The summed E-state index contributed by atoms with van der Waals surface area (Å²) < 4.78 is 10.3. The van der Waals surface area contributed by atoms with Crippen LogP contribution in [-0.4, -0.2) is 54.7 Å². The average molecular weight is 358 g/mol. The van der Waals surface area contributed by atoms with Gasteiger partial charge in [-0.05, 0) is 38.1 Å². The van der Waals surface area contributed by atoms with E-state index in [0.29, 0.717) is 48.2 Å². The molecule has 0 saturated carbocycles. The molecule has 1 fully saturated rings. The maximum Gasteiger partial charge on any atom is 0.261 e. The van der Waals surface area contributed by atoms with Crippen molar-refractivity contribution >= 4 is 23.2 Å². The number of hydrogen-bond donors (Lipinski definition) is 2. The molecule has 0 radical (unpaired) electrons. The molecule has 8 heteroatoms. The van der Waals surface area contributed by atoms with Crippen LogP contribution in [0.2, 0.25) is 0 Å². The van der Waals surface area contributed by atoms with Gasteiger partial charge in [-0.25, -0.2) is 0 Å².